The lowest BCUT2D eigenvalue weighted by Gasteiger charge is -2.10. The van der Waals surface area contributed by atoms with Gasteiger partial charge in [0, 0.05) is 18.7 Å². The highest BCUT2D eigenvalue weighted by molar-refractivity contribution is 6.08. The van der Waals surface area contributed by atoms with Crippen LogP contribution in [-0.4, -0.2) is 18.9 Å². The number of anilines is 1. The van der Waals surface area contributed by atoms with Gasteiger partial charge in [-0.1, -0.05) is 12.1 Å². The molecule has 0 aromatic heterocycles. The highest BCUT2D eigenvalue weighted by Gasteiger charge is 2.14. The van der Waals surface area contributed by atoms with Crippen LogP contribution in [0.5, 0.6) is 0 Å². The molecule has 4 nitrogen and oxygen atoms in total. The summed E-state index contributed by atoms with van der Waals surface area (Å²) < 4.78 is 26.2. The molecule has 0 unspecified atom stereocenters. The molecule has 0 bridgehead atoms. The quantitative estimate of drug-likeness (QED) is 0.912. The molecular weight excluding hydrogens is 278 g/mol. The van der Waals surface area contributed by atoms with Gasteiger partial charge in [-0.05, 0) is 24.3 Å². The molecule has 6 heteroatoms. The Morgan fingerprint density at radius 3 is 2.19 bits per heavy atom. The van der Waals surface area contributed by atoms with Crippen molar-refractivity contribution in [1.82, 2.24) is 5.32 Å². The van der Waals surface area contributed by atoms with Gasteiger partial charge in [-0.3, -0.25) is 9.59 Å². The first-order valence-corrected chi connectivity index (χ1v) is 6.10. The fourth-order valence-corrected chi connectivity index (χ4v) is 1.80. The lowest BCUT2D eigenvalue weighted by Crippen LogP contribution is -2.21. The Labute approximate surface area is 119 Å². The SMILES string of the molecule is CNC(=O)c1ccccc1NC(=O)c1cc(F)cc(F)c1. The number of nitrogens with one attached hydrogen (secondary N) is 2. The van der Waals surface area contributed by atoms with Crippen LogP contribution in [0.2, 0.25) is 0 Å². The highest BCUT2D eigenvalue weighted by Crippen LogP contribution is 2.17. The summed E-state index contributed by atoms with van der Waals surface area (Å²) >= 11 is 0. The Kier molecular flexibility index (Phi) is 4.27. The van der Waals surface area contributed by atoms with Crippen molar-refractivity contribution in [2.24, 2.45) is 0 Å². The van der Waals surface area contributed by atoms with Gasteiger partial charge < -0.3 is 10.6 Å². The standard InChI is InChI=1S/C15H12F2N2O2/c1-18-15(21)12-4-2-3-5-13(12)19-14(20)9-6-10(16)8-11(17)7-9/h2-8H,1H3,(H,18,21)(H,19,20). The van der Waals surface area contributed by atoms with E-state index in [1.165, 1.54) is 19.2 Å². The van der Waals surface area contributed by atoms with Crippen molar-refractivity contribution in [2.45, 2.75) is 0 Å². The third-order valence-corrected chi connectivity index (χ3v) is 2.77. The van der Waals surface area contributed by atoms with E-state index in [9.17, 15) is 18.4 Å². The maximum Gasteiger partial charge on any atom is 0.255 e. The second-order valence-corrected chi connectivity index (χ2v) is 4.24. The summed E-state index contributed by atoms with van der Waals surface area (Å²) in [5, 5.41) is 4.91. The van der Waals surface area contributed by atoms with Gasteiger partial charge in [0.25, 0.3) is 11.8 Å². The number of hydrogen-bond acceptors (Lipinski definition) is 2. The molecule has 0 spiro atoms. The van der Waals surface area contributed by atoms with Gasteiger partial charge in [0.2, 0.25) is 0 Å². The minimum absolute atomic E-state index is 0.167. The van der Waals surface area contributed by atoms with Gasteiger partial charge in [0.1, 0.15) is 11.6 Å². The number of benzene rings is 2. The summed E-state index contributed by atoms with van der Waals surface area (Å²) in [4.78, 5) is 23.7. The molecular formula is C15H12F2N2O2. The fourth-order valence-electron chi connectivity index (χ4n) is 1.80. The molecule has 2 N–H and O–H groups in total. The van der Waals surface area contributed by atoms with Crippen LogP contribution in [0.1, 0.15) is 20.7 Å². The highest BCUT2D eigenvalue weighted by atomic mass is 19.1. The van der Waals surface area contributed by atoms with Gasteiger partial charge in [-0.2, -0.15) is 0 Å². The molecule has 0 fully saturated rings. The van der Waals surface area contributed by atoms with Crippen molar-refractivity contribution >= 4 is 17.5 Å². The molecule has 0 saturated heterocycles. The van der Waals surface area contributed by atoms with Crippen LogP contribution in [0.4, 0.5) is 14.5 Å². The second-order valence-electron chi connectivity index (χ2n) is 4.24. The van der Waals surface area contributed by atoms with Gasteiger partial charge in [-0.25, -0.2) is 8.78 Å². The summed E-state index contributed by atoms with van der Waals surface area (Å²) in [5.74, 6) is -2.78. The summed E-state index contributed by atoms with van der Waals surface area (Å²) in [6, 6.07) is 8.84. The van der Waals surface area contributed by atoms with Gasteiger partial charge in [0.15, 0.2) is 0 Å². The molecule has 2 rings (SSSR count). The van der Waals surface area contributed by atoms with E-state index in [1.54, 1.807) is 12.1 Å². The first-order chi connectivity index (χ1) is 10.0. The minimum atomic E-state index is -0.847. The molecule has 0 saturated carbocycles. The van der Waals surface area contributed by atoms with Gasteiger partial charge >= 0.3 is 0 Å². The topological polar surface area (TPSA) is 58.2 Å². The average Bonchev–Trinajstić information content (AvgIpc) is 2.46. The van der Waals surface area contributed by atoms with E-state index in [0.717, 1.165) is 12.1 Å². The summed E-state index contributed by atoms with van der Waals surface area (Å²) in [6.45, 7) is 0. The number of amides is 2. The molecule has 0 atom stereocenters. The maximum absolute atomic E-state index is 13.1. The summed E-state index contributed by atoms with van der Waals surface area (Å²) in [6.07, 6.45) is 0. The van der Waals surface area contributed by atoms with Crippen LogP contribution in [0.25, 0.3) is 0 Å². The van der Waals surface area contributed by atoms with Crippen LogP contribution in [0.15, 0.2) is 42.5 Å². The van der Waals surface area contributed by atoms with Crippen LogP contribution < -0.4 is 10.6 Å². The van der Waals surface area contributed by atoms with Crippen LogP contribution in [0, 0.1) is 11.6 Å². The van der Waals surface area contributed by atoms with Crippen LogP contribution in [0.3, 0.4) is 0 Å². The molecule has 0 aliphatic heterocycles. The normalized spacial score (nSPS) is 10.0. The van der Waals surface area contributed by atoms with E-state index >= 15 is 0 Å². The van der Waals surface area contributed by atoms with E-state index in [0.29, 0.717) is 6.07 Å². The van der Waals surface area contributed by atoms with E-state index in [4.69, 9.17) is 0 Å². The van der Waals surface area contributed by atoms with Crippen molar-refractivity contribution in [1.29, 1.82) is 0 Å². The molecule has 2 aromatic carbocycles. The van der Waals surface area contributed by atoms with Crippen molar-refractivity contribution < 1.29 is 18.4 Å². The molecule has 21 heavy (non-hydrogen) atoms. The van der Waals surface area contributed by atoms with E-state index in [-0.39, 0.29) is 22.7 Å². The third-order valence-electron chi connectivity index (χ3n) is 2.77. The molecule has 0 heterocycles. The zero-order valence-corrected chi connectivity index (χ0v) is 11.1. The number of carbonyl (C=O) groups excluding carboxylic acids is 2. The molecule has 2 amide bonds. The zero-order valence-electron chi connectivity index (χ0n) is 11.1. The first-order valence-electron chi connectivity index (χ1n) is 6.10. The van der Waals surface area contributed by atoms with Gasteiger partial charge in [0.05, 0.1) is 11.3 Å². The Hall–Kier alpha value is -2.76. The number of rotatable bonds is 3. The van der Waals surface area contributed by atoms with Crippen LogP contribution >= 0.6 is 0 Å². The number of carbonyl (C=O) groups is 2. The lowest BCUT2D eigenvalue weighted by atomic mass is 10.1. The summed E-state index contributed by atoms with van der Waals surface area (Å²) in [5.41, 5.74) is 0.343. The van der Waals surface area contributed by atoms with Crippen molar-refractivity contribution in [3.8, 4) is 0 Å². The smallest absolute Gasteiger partial charge is 0.255 e. The minimum Gasteiger partial charge on any atom is -0.355 e. The molecule has 108 valence electrons. The number of para-hydroxylation sites is 1. The molecule has 0 radical (unpaired) electrons. The maximum atomic E-state index is 13.1. The van der Waals surface area contributed by atoms with Crippen molar-refractivity contribution in [3.05, 3.63) is 65.2 Å². The van der Waals surface area contributed by atoms with Crippen LogP contribution in [-0.2, 0) is 0 Å². The van der Waals surface area contributed by atoms with E-state index < -0.39 is 17.5 Å². The first kappa shape index (κ1) is 14.6. The zero-order chi connectivity index (χ0) is 15.4. The molecule has 0 aliphatic carbocycles. The third kappa shape index (κ3) is 3.42. The predicted molar refractivity (Wildman–Crippen MR) is 74.1 cm³/mol. The molecule has 2 aromatic rings. The lowest BCUT2D eigenvalue weighted by molar-refractivity contribution is 0.0964. The summed E-state index contributed by atoms with van der Waals surface area (Å²) in [7, 11) is 1.46. The van der Waals surface area contributed by atoms with Crippen molar-refractivity contribution in [2.75, 3.05) is 12.4 Å². The second kappa shape index (κ2) is 6.13. The Bertz CT molecular complexity index is 682. The Balaban J connectivity index is 2.30. The molecule has 0 aliphatic rings. The van der Waals surface area contributed by atoms with E-state index in [1.807, 2.05) is 0 Å². The number of halogens is 2. The fraction of sp³-hybridized carbons (Fsp3) is 0.0667. The van der Waals surface area contributed by atoms with Gasteiger partial charge in [-0.15, -0.1) is 0 Å². The largest absolute Gasteiger partial charge is 0.355 e. The van der Waals surface area contributed by atoms with E-state index in [2.05, 4.69) is 10.6 Å². The number of hydrogen-bond donors (Lipinski definition) is 2. The average molecular weight is 290 g/mol. The Morgan fingerprint density at radius 2 is 1.57 bits per heavy atom. The predicted octanol–water partition coefficient (Wildman–Crippen LogP) is 2.58. The monoisotopic (exact) mass is 290 g/mol. The van der Waals surface area contributed by atoms with Crippen molar-refractivity contribution in [3.63, 3.8) is 0 Å². The Morgan fingerprint density at radius 1 is 0.952 bits per heavy atom.